The largest absolute Gasteiger partial charge is 0.487 e. The van der Waals surface area contributed by atoms with E-state index < -0.39 is 0 Å². The molecule has 1 aliphatic rings. The number of carbonyl (C=O) groups excluding carboxylic acids is 1. The van der Waals surface area contributed by atoms with Crippen molar-refractivity contribution in [2.24, 2.45) is 0 Å². The van der Waals surface area contributed by atoms with Gasteiger partial charge in [0.25, 0.3) is 5.91 Å². The maximum absolute atomic E-state index is 11.5. The molecule has 0 bridgehead atoms. The lowest BCUT2D eigenvalue weighted by molar-refractivity contribution is 0.0958. The van der Waals surface area contributed by atoms with Crippen molar-refractivity contribution in [2.45, 2.75) is 18.9 Å². The fraction of sp³-hybridized carbons (Fsp3) is 0.400. The maximum Gasteiger partial charge on any atom is 0.256 e. The zero-order chi connectivity index (χ0) is 10.8. The highest BCUT2D eigenvalue weighted by molar-refractivity contribution is 5.98. The summed E-state index contributed by atoms with van der Waals surface area (Å²) < 4.78 is 5.58. The average molecular weight is 207 g/mol. The molecule has 80 valence electrons. The lowest BCUT2D eigenvalue weighted by atomic mass is 10.2. The van der Waals surface area contributed by atoms with Gasteiger partial charge in [0, 0.05) is 13.2 Å². The quantitative estimate of drug-likeness (QED) is 0.759. The number of aromatic nitrogens is 1. The van der Waals surface area contributed by atoms with E-state index in [1.165, 1.54) is 12.4 Å². The monoisotopic (exact) mass is 207 g/mol. The summed E-state index contributed by atoms with van der Waals surface area (Å²) in [5, 5.41) is 2.53. The van der Waals surface area contributed by atoms with Crippen LogP contribution in [0, 0.1) is 0 Å². The molecular weight excluding hydrogens is 194 g/mol. The summed E-state index contributed by atoms with van der Waals surface area (Å²) in [6.45, 7) is 0. The molecule has 5 heteroatoms. The van der Waals surface area contributed by atoms with Gasteiger partial charge in [-0.05, 0) is 12.8 Å². The van der Waals surface area contributed by atoms with Crippen LogP contribution in [0.2, 0.25) is 0 Å². The van der Waals surface area contributed by atoms with Crippen LogP contribution in [0.5, 0.6) is 5.75 Å². The van der Waals surface area contributed by atoms with Crippen molar-refractivity contribution in [1.82, 2.24) is 10.3 Å². The van der Waals surface area contributed by atoms with Gasteiger partial charge in [-0.15, -0.1) is 0 Å². The molecule has 1 aliphatic carbocycles. The van der Waals surface area contributed by atoms with Crippen molar-refractivity contribution in [1.29, 1.82) is 0 Å². The summed E-state index contributed by atoms with van der Waals surface area (Å²) in [6.07, 6.45) is 5.21. The van der Waals surface area contributed by atoms with E-state index in [0.29, 0.717) is 17.0 Å². The SMILES string of the molecule is CNC(=O)c1cncc(N)c1OC1CC1. The number of nitrogens with two attached hydrogens (primary N) is 1. The lowest BCUT2D eigenvalue weighted by Crippen LogP contribution is -2.20. The van der Waals surface area contributed by atoms with Gasteiger partial charge < -0.3 is 15.8 Å². The summed E-state index contributed by atoms with van der Waals surface area (Å²) in [5.41, 5.74) is 6.52. The van der Waals surface area contributed by atoms with Gasteiger partial charge in [-0.25, -0.2) is 0 Å². The van der Waals surface area contributed by atoms with E-state index in [4.69, 9.17) is 10.5 Å². The normalized spacial score (nSPS) is 14.7. The fourth-order valence-corrected chi connectivity index (χ4v) is 1.25. The molecule has 3 N–H and O–H groups in total. The van der Waals surface area contributed by atoms with Crippen molar-refractivity contribution in [3.8, 4) is 5.75 Å². The minimum atomic E-state index is -0.231. The van der Waals surface area contributed by atoms with Crippen molar-refractivity contribution in [2.75, 3.05) is 12.8 Å². The molecule has 1 saturated carbocycles. The number of amides is 1. The van der Waals surface area contributed by atoms with Gasteiger partial charge in [0.15, 0.2) is 5.75 Å². The fourth-order valence-electron chi connectivity index (χ4n) is 1.25. The van der Waals surface area contributed by atoms with Crippen molar-refractivity contribution in [3.63, 3.8) is 0 Å². The molecule has 1 heterocycles. The Morgan fingerprint density at radius 1 is 1.60 bits per heavy atom. The van der Waals surface area contributed by atoms with Crippen LogP contribution in [0.1, 0.15) is 23.2 Å². The van der Waals surface area contributed by atoms with Gasteiger partial charge in [0.05, 0.1) is 18.0 Å². The molecule has 0 spiro atoms. The van der Waals surface area contributed by atoms with Gasteiger partial charge in [-0.3, -0.25) is 9.78 Å². The second kappa shape index (κ2) is 3.76. The predicted molar refractivity (Wildman–Crippen MR) is 55.7 cm³/mol. The van der Waals surface area contributed by atoms with Crippen molar-refractivity contribution in [3.05, 3.63) is 18.0 Å². The number of carbonyl (C=O) groups is 1. The van der Waals surface area contributed by atoms with E-state index in [-0.39, 0.29) is 12.0 Å². The number of nitrogen functional groups attached to an aromatic ring is 1. The first kappa shape index (κ1) is 9.76. The third-order valence-electron chi connectivity index (χ3n) is 2.20. The van der Waals surface area contributed by atoms with Gasteiger partial charge in [-0.1, -0.05) is 0 Å². The molecule has 5 nitrogen and oxygen atoms in total. The number of anilines is 1. The molecule has 1 amide bonds. The number of rotatable bonds is 3. The molecule has 0 unspecified atom stereocenters. The minimum Gasteiger partial charge on any atom is -0.487 e. The third kappa shape index (κ3) is 2.01. The van der Waals surface area contributed by atoms with Crippen LogP contribution in [0.15, 0.2) is 12.4 Å². The first-order chi connectivity index (χ1) is 7.22. The van der Waals surface area contributed by atoms with Gasteiger partial charge in [-0.2, -0.15) is 0 Å². The van der Waals surface area contributed by atoms with Crippen LogP contribution in [-0.4, -0.2) is 24.0 Å². The molecule has 0 saturated heterocycles. The Morgan fingerprint density at radius 2 is 2.33 bits per heavy atom. The summed E-state index contributed by atoms with van der Waals surface area (Å²) in [6, 6.07) is 0. The zero-order valence-electron chi connectivity index (χ0n) is 8.49. The summed E-state index contributed by atoms with van der Waals surface area (Å²) in [4.78, 5) is 15.4. The molecular formula is C10H13N3O2. The third-order valence-corrected chi connectivity index (χ3v) is 2.20. The number of ether oxygens (including phenoxy) is 1. The molecule has 0 radical (unpaired) electrons. The lowest BCUT2D eigenvalue weighted by Gasteiger charge is -2.11. The van der Waals surface area contributed by atoms with Crippen molar-refractivity contribution >= 4 is 11.6 Å². The standard InChI is InChI=1S/C10H13N3O2/c1-12-10(14)7-4-13-5-8(11)9(7)15-6-2-3-6/h4-6H,2-3,11H2,1H3,(H,12,14). The average Bonchev–Trinajstić information content (AvgIpc) is 3.04. The molecule has 15 heavy (non-hydrogen) atoms. The summed E-state index contributed by atoms with van der Waals surface area (Å²) >= 11 is 0. The van der Waals surface area contributed by atoms with Gasteiger partial charge in [0.2, 0.25) is 0 Å². The van der Waals surface area contributed by atoms with E-state index in [1.807, 2.05) is 0 Å². The number of hydrogen-bond acceptors (Lipinski definition) is 4. The van der Waals surface area contributed by atoms with Crippen molar-refractivity contribution < 1.29 is 9.53 Å². The number of pyridine rings is 1. The second-order valence-corrected chi connectivity index (χ2v) is 3.50. The highest BCUT2D eigenvalue weighted by atomic mass is 16.5. The van der Waals surface area contributed by atoms with E-state index in [0.717, 1.165) is 12.8 Å². The number of hydrogen-bond donors (Lipinski definition) is 2. The zero-order valence-corrected chi connectivity index (χ0v) is 8.49. The smallest absolute Gasteiger partial charge is 0.256 e. The number of nitrogens with zero attached hydrogens (tertiary/aromatic N) is 1. The van der Waals surface area contributed by atoms with Crippen LogP contribution < -0.4 is 15.8 Å². The van der Waals surface area contributed by atoms with Crippen LogP contribution in [0.4, 0.5) is 5.69 Å². The minimum absolute atomic E-state index is 0.207. The Hall–Kier alpha value is -1.78. The predicted octanol–water partition coefficient (Wildman–Crippen LogP) is 0.565. The Kier molecular flexibility index (Phi) is 2.45. The van der Waals surface area contributed by atoms with Crippen LogP contribution in [-0.2, 0) is 0 Å². The van der Waals surface area contributed by atoms with E-state index in [9.17, 15) is 4.79 Å². The molecule has 1 aromatic rings. The first-order valence-corrected chi connectivity index (χ1v) is 4.84. The summed E-state index contributed by atoms with van der Waals surface area (Å²) in [7, 11) is 1.56. The van der Waals surface area contributed by atoms with Gasteiger partial charge >= 0.3 is 0 Å². The molecule has 0 aliphatic heterocycles. The summed E-state index contributed by atoms with van der Waals surface area (Å²) in [5.74, 6) is 0.220. The van der Waals surface area contributed by atoms with E-state index >= 15 is 0 Å². The van der Waals surface area contributed by atoms with Crippen LogP contribution in [0.25, 0.3) is 0 Å². The van der Waals surface area contributed by atoms with E-state index in [2.05, 4.69) is 10.3 Å². The Labute approximate surface area is 87.6 Å². The molecule has 0 aromatic carbocycles. The topological polar surface area (TPSA) is 77.2 Å². The van der Waals surface area contributed by atoms with Gasteiger partial charge in [0.1, 0.15) is 5.56 Å². The van der Waals surface area contributed by atoms with Crippen LogP contribution >= 0.6 is 0 Å². The maximum atomic E-state index is 11.5. The molecule has 2 rings (SSSR count). The van der Waals surface area contributed by atoms with E-state index in [1.54, 1.807) is 7.05 Å². The Morgan fingerprint density at radius 3 is 2.93 bits per heavy atom. The molecule has 0 atom stereocenters. The second-order valence-electron chi connectivity index (χ2n) is 3.50. The number of nitrogens with one attached hydrogen (secondary N) is 1. The Balaban J connectivity index is 2.33. The van der Waals surface area contributed by atoms with Crippen LogP contribution in [0.3, 0.4) is 0 Å². The molecule has 1 fully saturated rings. The first-order valence-electron chi connectivity index (χ1n) is 4.84. The highest BCUT2D eigenvalue weighted by Crippen LogP contribution is 2.32. The molecule has 1 aromatic heterocycles. The Bertz CT molecular complexity index is 388. The highest BCUT2D eigenvalue weighted by Gasteiger charge is 2.26.